The maximum absolute atomic E-state index is 11.1. The fourth-order valence-electron chi connectivity index (χ4n) is 2.63. The maximum atomic E-state index is 11.1. The molecule has 0 fully saturated rings. The van der Waals surface area contributed by atoms with Crippen LogP contribution in [0.5, 0.6) is 11.5 Å². The summed E-state index contributed by atoms with van der Waals surface area (Å²) in [5.74, 6) is -2.92. The van der Waals surface area contributed by atoms with Crippen LogP contribution in [0.1, 0.15) is 25.7 Å². The van der Waals surface area contributed by atoms with Crippen molar-refractivity contribution in [2.24, 2.45) is 0 Å². The zero-order valence-electron chi connectivity index (χ0n) is 20.4. The molecule has 0 heterocycles. The number of rotatable bonds is 11. The molecule has 2 aromatic carbocycles. The van der Waals surface area contributed by atoms with Gasteiger partial charge in [-0.1, -0.05) is 0 Å². The number of unbranched alkanes of at least 4 members (excludes halogenated alkanes) is 3. The van der Waals surface area contributed by atoms with Crippen molar-refractivity contribution < 1.29 is 51.2 Å². The summed E-state index contributed by atoms with van der Waals surface area (Å²) in [7, 11) is 0. The van der Waals surface area contributed by atoms with Crippen molar-refractivity contribution in [3.63, 3.8) is 0 Å². The molecule has 22 heteroatoms. The van der Waals surface area contributed by atoms with Gasteiger partial charge >= 0.3 is 0 Å². The second-order valence-electron chi connectivity index (χ2n) is 7.29. The Morgan fingerprint density at radius 1 is 0.450 bits per heavy atom. The molecular weight excluding hydrogens is 552 g/mol. The summed E-state index contributed by atoms with van der Waals surface area (Å²) in [5.41, 5.74) is 1.01. The summed E-state index contributed by atoms with van der Waals surface area (Å²) in [5, 5.41) is 84.2. The predicted octanol–water partition coefficient (Wildman–Crippen LogP) is 0.000200. The highest BCUT2D eigenvalue weighted by Crippen LogP contribution is 2.37. The van der Waals surface area contributed by atoms with Crippen LogP contribution in [0.3, 0.4) is 0 Å². The van der Waals surface area contributed by atoms with Gasteiger partial charge in [-0.25, -0.2) is 0 Å². The van der Waals surface area contributed by atoms with E-state index in [1.165, 1.54) is 25.7 Å². The summed E-state index contributed by atoms with van der Waals surface area (Å²) in [6.07, 6.45) is 5.28. The van der Waals surface area contributed by atoms with Gasteiger partial charge < -0.3 is 21.7 Å². The topological polar surface area (TPSA) is 360 Å². The Labute approximate surface area is 221 Å². The van der Waals surface area contributed by atoms with Gasteiger partial charge in [0, 0.05) is 0 Å². The molecule has 0 atom stereocenters. The number of non-ortho nitro benzene ring substituents is 2. The smallest absolute Gasteiger partial charge is 0.283 e. The lowest BCUT2D eigenvalue weighted by molar-refractivity contribution is -0.420. The average molecular weight is 574 g/mol. The van der Waals surface area contributed by atoms with Crippen LogP contribution >= 0.6 is 0 Å². The van der Waals surface area contributed by atoms with E-state index in [4.69, 9.17) is 0 Å². The molecule has 0 bridgehead atoms. The summed E-state index contributed by atoms with van der Waals surface area (Å²) in [6, 6.07) is 1.54. The van der Waals surface area contributed by atoms with Gasteiger partial charge in [-0.15, -0.1) is 0 Å². The van der Waals surface area contributed by atoms with Gasteiger partial charge in [0.1, 0.15) is 0 Å². The van der Waals surface area contributed by atoms with Crippen molar-refractivity contribution >= 4 is 34.1 Å². The molecule has 0 radical (unpaired) electrons. The van der Waals surface area contributed by atoms with Gasteiger partial charge in [0.2, 0.25) is 0 Å². The standard InChI is InChI=1S/2C6H3N3O7.C6H16N2/c2*10-6-4(8(13)14)1-3(7(11)12)2-5(6)9(15)16;7-5-3-1-2-4-6-8/h2*1-2,10H;1-8H2. The molecule has 0 amide bonds. The molecule has 218 valence electrons. The molecule has 2 rings (SSSR count). The third-order valence-corrected chi connectivity index (χ3v) is 4.53. The Balaban J connectivity index is 0.000000605. The Morgan fingerprint density at radius 3 is 0.825 bits per heavy atom. The van der Waals surface area contributed by atoms with Crippen molar-refractivity contribution in [2.45, 2.75) is 25.7 Å². The Hall–Kier alpha value is -5.64. The first-order chi connectivity index (χ1) is 18.6. The van der Waals surface area contributed by atoms with Crippen LogP contribution in [0.2, 0.25) is 0 Å². The summed E-state index contributed by atoms with van der Waals surface area (Å²) in [4.78, 5) is 55.0. The molecule has 0 unspecified atom stereocenters. The van der Waals surface area contributed by atoms with Crippen LogP contribution in [0.4, 0.5) is 34.1 Å². The molecule has 0 aliphatic rings. The third kappa shape index (κ3) is 10.4. The predicted molar refractivity (Wildman–Crippen MR) is 126 cm³/mol. The van der Waals surface area contributed by atoms with E-state index >= 15 is 0 Å². The van der Waals surface area contributed by atoms with Gasteiger partial charge in [0.05, 0.1) is 78.4 Å². The van der Waals surface area contributed by atoms with Crippen LogP contribution in [0, 0.1) is 60.7 Å². The first kappa shape index (κ1) is 34.4. The van der Waals surface area contributed by atoms with Crippen molar-refractivity contribution in [1.29, 1.82) is 0 Å². The molecule has 2 aromatic rings. The average Bonchev–Trinajstić information content (AvgIpc) is 2.86. The largest absolute Gasteiger partial charge is 0.863 e. The van der Waals surface area contributed by atoms with E-state index in [0.29, 0.717) is 24.3 Å². The van der Waals surface area contributed by atoms with E-state index in [2.05, 4.69) is 11.5 Å². The van der Waals surface area contributed by atoms with Gasteiger partial charge in [0.25, 0.3) is 34.1 Å². The number of quaternary nitrogens is 2. The molecule has 0 saturated heterocycles. The minimum absolute atomic E-state index is 0.384. The van der Waals surface area contributed by atoms with E-state index in [1.807, 2.05) is 0 Å². The van der Waals surface area contributed by atoms with Crippen molar-refractivity contribution in [2.75, 3.05) is 13.1 Å². The van der Waals surface area contributed by atoms with Gasteiger partial charge in [0.15, 0.2) is 0 Å². The highest BCUT2D eigenvalue weighted by molar-refractivity contribution is 5.64. The van der Waals surface area contributed by atoms with E-state index in [0.717, 1.165) is 13.1 Å². The number of benzene rings is 2. The van der Waals surface area contributed by atoms with E-state index in [9.17, 15) is 70.9 Å². The number of nitrogens with zero attached hydrogens (tertiary/aromatic N) is 6. The molecule has 6 N–H and O–H groups in total. The first-order valence-corrected chi connectivity index (χ1v) is 10.8. The summed E-state index contributed by atoms with van der Waals surface area (Å²) in [6.45, 7) is 2.19. The SMILES string of the molecule is O=[N+]([O-])c1cc([N+](=O)[O-])c([O-])c([N+](=O)[O-])c1.O=[N+]([O-])c1cc([N+](=O)[O-])c([O-])c([N+](=O)[O-])c1.[NH3+]CCCCCC[NH3+]. The number of hydrogen-bond donors (Lipinski definition) is 2. The van der Waals surface area contributed by atoms with Gasteiger partial charge in [-0.3, -0.25) is 60.7 Å². The lowest BCUT2D eigenvalue weighted by Crippen LogP contribution is -2.50. The molecule has 0 saturated carbocycles. The van der Waals surface area contributed by atoms with Crippen molar-refractivity contribution in [1.82, 2.24) is 0 Å². The van der Waals surface area contributed by atoms with Crippen LogP contribution in [-0.2, 0) is 0 Å². The Bertz CT molecular complexity index is 1120. The molecule has 0 aliphatic heterocycles. The molecule has 22 nitrogen and oxygen atoms in total. The lowest BCUT2D eigenvalue weighted by atomic mass is 10.2. The third-order valence-electron chi connectivity index (χ3n) is 4.53. The quantitative estimate of drug-likeness (QED) is 0.202. The number of nitro groups is 6. The minimum atomic E-state index is -1.46. The Kier molecular flexibility index (Phi) is 14.0. The second-order valence-corrected chi connectivity index (χ2v) is 7.29. The molecule has 0 spiro atoms. The van der Waals surface area contributed by atoms with Gasteiger partial charge in [-0.2, -0.15) is 0 Å². The molecular formula is C18H22N8O14. The fourth-order valence-corrected chi connectivity index (χ4v) is 2.63. The normalized spacial score (nSPS) is 9.75. The van der Waals surface area contributed by atoms with E-state index in [-0.39, 0.29) is 0 Å². The van der Waals surface area contributed by atoms with Crippen molar-refractivity contribution in [3.8, 4) is 11.5 Å². The molecule has 0 aromatic heterocycles. The number of hydrogen-bond acceptors (Lipinski definition) is 14. The zero-order valence-corrected chi connectivity index (χ0v) is 20.4. The highest BCUT2D eigenvalue weighted by atomic mass is 16.7. The van der Waals surface area contributed by atoms with Crippen LogP contribution in [0.25, 0.3) is 0 Å². The van der Waals surface area contributed by atoms with Gasteiger partial charge in [-0.05, 0) is 25.7 Å². The summed E-state index contributed by atoms with van der Waals surface area (Å²) < 4.78 is 0. The van der Waals surface area contributed by atoms with Crippen LogP contribution < -0.4 is 21.7 Å². The fraction of sp³-hybridized carbons (Fsp3) is 0.333. The minimum Gasteiger partial charge on any atom is -0.863 e. The molecule has 40 heavy (non-hydrogen) atoms. The molecule has 0 aliphatic carbocycles. The zero-order chi connectivity index (χ0) is 31.2. The number of nitro benzene ring substituents is 6. The van der Waals surface area contributed by atoms with Crippen molar-refractivity contribution in [3.05, 3.63) is 85.0 Å². The van der Waals surface area contributed by atoms with E-state index < -0.39 is 75.2 Å². The second kappa shape index (κ2) is 16.3. The van der Waals surface area contributed by atoms with E-state index in [1.54, 1.807) is 0 Å². The monoisotopic (exact) mass is 574 g/mol. The lowest BCUT2D eigenvalue weighted by Gasteiger charge is -2.06. The highest BCUT2D eigenvalue weighted by Gasteiger charge is 2.25. The summed E-state index contributed by atoms with van der Waals surface area (Å²) >= 11 is 0. The maximum Gasteiger partial charge on any atom is 0.283 e. The Morgan fingerprint density at radius 2 is 0.675 bits per heavy atom. The van der Waals surface area contributed by atoms with Crippen LogP contribution in [0.15, 0.2) is 24.3 Å². The first-order valence-electron chi connectivity index (χ1n) is 10.8. The van der Waals surface area contributed by atoms with Crippen LogP contribution in [-0.4, -0.2) is 42.6 Å².